The third kappa shape index (κ3) is 10.1. The first-order chi connectivity index (χ1) is 16.7. The van der Waals surface area contributed by atoms with Crippen molar-refractivity contribution < 1.29 is 23.9 Å². The standard InChI is InChI=1S/C25H32N4O5S/c1-6-16(3)33-24(31)28-23(29-25(32)34-17(4)7-2)27-22-15-20(13-14-21(22)26-18(5)30)35-19-11-9-8-10-12-19/h8-17H,6-7H2,1-5H3,(H,26,30)(H2,27,28,29,31,32). The van der Waals surface area contributed by atoms with Crippen LogP contribution in [0.15, 0.2) is 63.3 Å². The number of benzene rings is 2. The van der Waals surface area contributed by atoms with Gasteiger partial charge in [-0.25, -0.2) is 9.59 Å². The highest BCUT2D eigenvalue weighted by molar-refractivity contribution is 7.99. The minimum atomic E-state index is -0.874. The van der Waals surface area contributed by atoms with Crippen LogP contribution in [0.4, 0.5) is 21.0 Å². The summed E-state index contributed by atoms with van der Waals surface area (Å²) in [6.45, 7) is 8.63. The van der Waals surface area contributed by atoms with Crippen LogP contribution in [0.5, 0.6) is 0 Å². The van der Waals surface area contributed by atoms with Crippen LogP contribution in [-0.2, 0) is 14.3 Å². The molecule has 0 aromatic heterocycles. The first-order valence-electron chi connectivity index (χ1n) is 11.4. The third-order valence-electron chi connectivity index (χ3n) is 4.72. The van der Waals surface area contributed by atoms with Gasteiger partial charge in [-0.1, -0.05) is 43.8 Å². The lowest BCUT2D eigenvalue weighted by Gasteiger charge is -2.17. The predicted octanol–water partition coefficient (Wildman–Crippen LogP) is 6.02. The zero-order valence-corrected chi connectivity index (χ0v) is 21.4. The molecule has 0 saturated heterocycles. The lowest BCUT2D eigenvalue weighted by atomic mass is 10.2. The number of hydrogen-bond donors (Lipinski definition) is 3. The van der Waals surface area contributed by atoms with E-state index < -0.39 is 12.2 Å². The van der Waals surface area contributed by atoms with E-state index in [-0.39, 0.29) is 24.1 Å². The molecule has 0 fully saturated rings. The van der Waals surface area contributed by atoms with Crippen LogP contribution in [0.2, 0.25) is 0 Å². The fourth-order valence-electron chi connectivity index (χ4n) is 2.59. The Morgan fingerprint density at radius 1 is 0.886 bits per heavy atom. The summed E-state index contributed by atoms with van der Waals surface area (Å²) in [6, 6.07) is 15.1. The fraction of sp³-hybridized carbons (Fsp3) is 0.360. The van der Waals surface area contributed by atoms with Crippen LogP contribution in [0.25, 0.3) is 0 Å². The minimum absolute atomic E-state index is 0.194. The smallest absolute Gasteiger partial charge is 0.437 e. The molecule has 9 nitrogen and oxygen atoms in total. The highest BCUT2D eigenvalue weighted by atomic mass is 32.2. The largest absolute Gasteiger partial charge is 0.446 e. The Labute approximate surface area is 210 Å². The highest BCUT2D eigenvalue weighted by Crippen LogP contribution is 2.33. The molecule has 2 atom stereocenters. The van der Waals surface area contributed by atoms with E-state index in [0.29, 0.717) is 24.2 Å². The van der Waals surface area contributed by atoms with Crippen molar-refractivity contribution in [1.29, 1.82) is 0 Å². The molecular weight excluding hydrogens is 468 g/mol. The summed E-state index contributed by atoms with van der Waals surface area (Å²) in [6.07, 6.45) is -1.10. The van der Waals surface area contributed by atoms with E-state index in [1.165, 1.54) is 18.7 Å². The second-order valence-electron chi connectivity index (χ2n) is 7.74. The number of alkyl carbamates (subject to hydrolysis) is 1. The minimum Gasteiger partial charge on any atom is -0.446 e. The average molecular weight is 501 g/mol. The molecule has 2 rings (SSSR count). The number of nitrogens with one attached hydrogen (secondary N) is 3. The molecule has 0 bridgehead atoms. The Kier molecular flexibility index (Phi) is 11.1. The molecule has 0 aliphatic carbocycles. The maximum atomic E-state index is 12.4. The van der Waals surface area contributed by atoms with Crippen LogP contribution in [0, 0.1) is 0 Å². The molecule has 0 radical (unpaired) electrons. The van der Waals surface area contributed by atoms with E-state index in [2.05, 4.69) is 20.9 Å². The first-order valence-corrected chi connectivity index (χ1v) is 12.2. The van der Waals surface area contributed by atoms with Gasteiger partial charge in [0.1, 0.15) is 12.2 Å². The number of aliphatic imine (C=N–C) groups is 1. The van der Waals surface area contributed by atoms with Gasteiger partial charge in [-0.05, 0) is 57.0 Å². The topological polar surface area (TPSA) is 118 Å². The summed E-state index contributed by atoms with van der Waals surface area (Å²) < 4.78 is 10.5. The SMILES string of the molecule is CCC(C)OC(=O)N=C(NC(=O)OC(C)CC)Nc1cc(Sc2ccccc2)ccc1NC(C)=O. The number of rotatable bonds is 8. The fourth-order valence-corrected chi connectivity index (χ4v) is 3.47. The van der Waals surface area contributed by atoms with Gasteiger partial charge in [-0.15, -0.1) is 4.99 Å². The first kappa shape index (κ1) is 27.7. The summed E-state index contributed by atoms with van der Waals surface area (Å²) in [5, 5.41) is 8.13. The lowest BCUT2D eigenvalue weighted by Crippen LogP contribution is -2.38. The van der Waals surface area contributed by atoms with Crippen molar-refractivity contribution in [3.05, 3.63) is 48.5 Å². The van der Waals surface area contributed by atoms with Crippen LogP contribution in [-0.4, -0.2) is 36.3 Å². The van der Waals surface area contributed by atoms with Crippen molar-refractivity contribution in [2.24, 2.45) is 4.99 Å². The predicted molar refractivity (Wildman–Crippen MR) is 138 cm³/mol. The zero-order valence-electron chi connectivity index (χ0n) is 20.6. The van der Waals surface area contributed by atoms with Crippen LogP contribution < -0.4 is 16.0 Å². The van der Waals surface area contributed by atoms with Gasteiger partial charge in [0.15, 0.2) is 0 Å². The summed E-state index contributed by atoms with van der Waals surface area (Å²) in [4.78, 5) is 42.2. The van der Waals surface area contributed by atoms with Gasteiger partial charge in [0.25, 0.3) is 0 Å². The molecule has 2 unspecified atom stereocenters. The van der Waals surface area contributed by atoms with Crippen molar-refractivity contribution in [2.75, 3.05) is 10.6 Å². The Hall–Kier alpha value is -3.53. The monoisotopic (exact) mass is 500 g/mol. The number of ether oxygens (including phenoxy) is 2. The molecule has 188 valence electrons. The van der Waals surface area contributed by atoms with E-state index in [0.717, 1.165) is 9.79 Å². The highest BCUT2D eigenvalue weighted by Gasteiger charge is 2.16. The normalized spacial score (nSPS) is 12.8. The Morgan fingerprint density at radius 2 is 1.54 bits per heavy atom. The van der Waals surface area contributed by atoms with Crippen LogP contribution in [0.3, 0.4) is 0 Å². The van der Waals surface area contributed by atoms with E-state index >= 15 is 0 Å². The molecule has 0 saturated carbocycles. The quantitative estimate of drug-likeness (QED) is 0.299. The molecule has 3 amide bonds. The third-order valence-corrected chi connectivity index (χ3v) is 5.71. The number of carbonyl (C=O) groups is 3. The Bertz CT molecular complexity index is 1050. The second-order valence-corrected chi connectivity index (χ2v) is 8.89. The maximum absolute atomic E-state index is 12.4. The van der Waals surface area contributed by atoms with Crippen molar-refractivity contribution >= 4 is 47.2 Å². The van der Waals surface area contributed by atoms with Crippen molar-refractivity contribution in [3.63, 3.8) is 0 Å². The lowest BCUT2D eigenvalue weighted by molar-refractivity contribution is -0.114. The van der Waals surface area contributed by atoms with E-state index in [1.807, 2.05) is 50.2 Å². The van der Waals surface area contributed by atoms with Gasteiger partial charge in [-0.2, -0.15) is 0 Å². The average Bonchev–Trinajstić information content (AvgIpc) is 2.80. The number of guanidine groups is 1. The van der Waals surface area contributed by atoms with Gasteiger partial charge in [0, 0.05) is 16.7 Å². The molecule has 2 aromatic carbocycles. The molecule has 0 spiro atoms. The van der Waals surface area contributed by atoms with Gasteiger partial charge < -0.3 is 20.1 Å². The number of hydrogen-bond acceptors (Lipinski definition) is 6. The zero-order chi connectivity index (χ0) is 25.8. The molecule has 35 heavy (non-hydrogen) atoms. The molecule has 3 N–H and O–H groups in total. The van der Waals surface area contributed by atoms with Crippen molar-refractivity contribution in [2.45, 2.75) is 69.5 Å². The van der Waals surface area contributed by atoms with Gasteiger partial charge in [-0.3, -0.25) is 10.1 Å². The summed E-state index contributed by atoms with van der Waals surface area (Å²) in [5.41, 5.74) is 0.857. The number of anilines is 2. The molecule has 2 aromatic rings. The van der Waals surface area contributed by atoms with E-state index in [4.69, 9.17) is 9.47 Å². The van der Waals surface area contributed by atoms with Crippen molar-refractivity contribution in [1.82, 2.24) is 5.32 Å². The number of carbonyl (C=O) groups excluding carboxylic acids is 3. The van der Waals surface area contributed by atoms with Crippen molar-refractivity contribution in [3.8, 4) is 0 Å². The second kappa shape index (κ2) is 14.0. The van der Waals surface area contributed by atoms with Gasteiger partial charge >= 0.3 is 12.2 Å². The van der Waals surface area contributed by atoms with Crippen LogP contribution >= 0.6 is 11.8 Å². The summed E-state index contributed by atoms with van der Waals surface area (Å²) in [5.74, 6) is -0.476. The maximum Gasteiger partial charge on any atom is 0.437 e. The molecule has 0 aliphatic heterocycles. The Morgan fingerprint density at radius 3 is 2.17 bits per heavy atom. The van der Waals surface area contributed by atoms with E-state index in [9.17, 15) is 14.4 Å². The van der Waals surface area contributed by atoms with Gasteiger partial charge in [0.2, 0.25) is 11.9 Å². The van der Waals surface area contributed by atoms with E-state index in [1.54, 1.807) is 26.0 Å². The number of nitrogens with zero attached hydrogens (tertiary/aromatic N) is 1. The summed E-state index contributed by atoms with van der Waals surface area (Å²) in [7, 11) is 0. The molecule has 0 heterocycles. The molecule has 10 heteroatoms. The summed E-state index contributed by atoms with van der Waals surface area (Å²) >= 11 is 1.51. The van der Waals surface area contributed by atoms with Gasteiger partial charge in [0.05, 0.1) is 11.4 Å². The van der Waals surface area contributed by atoms with Crippen LogP contribution in [0.1, 0.15) is 47.5 Å². The molecular formula is C25H32N4O5S. The molecule has 0 aliphatic rings. The Balaban J connectivity index is 2.37. The number of amides is 3.